The number of benzene rings is 2. The maximum Gasteiger partial charge on any atom is 0.340 e. The third-order valence-electron chi connectivity index (χ3n) is 5.65. The van der Waals surface area contributed by atoms with Crippen molar-refractivity contribution >= 4 is 22.8 Å². The lowest BCUT2D eigenvalue weighted by molar-refractivity contribution is -0.143. The zero-order valence-corrected chi connectivity index (χ0v) is 18.4. The van der Waals surface area contributed by atoms with Crippen molar-refractivity contribution in [2.75, 3.05) is 6.61 Å². The standard InChI is InChI=1S/C25H27NO6/c1-4-15(2)23(24(28)29)26-22(27)14-31-18-10-11-19-16(3)20(25(30)32-21(19)13-18)12-17-8-6-5-7-9-17/h5-11,13,15,23H,4,12,14H2,1-3H3,(H,26,27)(H,28,29)/t15-,23-/m0/s1. The maximum absolute atomic E-state index is 12.6. The molecule has 2 atom stereocenters. The minimum Gasteiger partial charge on any atom is -0.484 e. The third kappa shape index (κ3) is 5.35. The summed E-state index contributed by atoms with van der Waals surface area (Å²) in [5.41, 5.74) is 2.41. The molecule has 0 radical (unpaired) electrons. The van der Waals surface area contributed by atoms with Gasteiger partial charge < -0.3 is 19.6 Å². The molecule has 0 aliphatic rings. The minimum absolute atomic E-state index is 0.209. The Morgan fingerprint density at radius 3 is 2.53 bits per heavy atom. The average Bonchev–Trinajstić information content (AvgIpc) is 2.78. The third-order valence-corrected chi connectivity index (χ3v) is 5.65. The highest BCUT2D eigenvalue weighted by Gasteiger charge is 2.25. The predicted octanol–water partition coefficient (Wildman–Crippen LogP) is 3.69. The second-order valence-corrected chi connectivity index (χ2v) is 7.87. The van der Waals surface area contributed by atoms with Gasteiger partial charge in [-0.05, 0) is 36.1 Å². The van der Waals surface area contributed by atoms with E-state index in [0.29, 0.717) is 29.7 Å². The molecule has 168 valence electrons. The maximum atomic E-state index is 12.6. The van der Waals surface area contributed by atoms with Gasteiger partial charge >= 0.3 is 11.6 Å². The van der Waals surface area contributed by atoms with Gasteiger partial charge in [0.25, 0.3) is 5.91 Å². The van der Waals surface area contributed by atoms with Gasteiger partial charge in [0.1, 0.15) is 17.4 Å². The number of carbonyl (C=O) groups is 2. The zero-order chi connectivity index (χ0) is 23.3. The number of amides is 1. The number of nitrogens with one attached hydrogen (secondary N) is 1. The monoisotopic (exact) mass is 437 g/mol. The number of hydrogen-bond donors (Lipinski definition) is 2. The summed E-state index contributed by atoms with van der Waals surface area (Å²) in [4.78, 5) is 36.1. The van der Waals surface area contributed by atoms with Crippen LogP contribution in [0.25, 0.3) is 11.0 Å². The summed E-state index contributed by atoms with van der Waals surface area (Å²) in [5.74, 6) is -1.48. The molecule has 7 nitrogen and oxygen atoms in total. The van der Waals surface area contributed by atoms with Gasteiger partial charge in [0.05, 0.1) is 0 Å². The largest absolute Gasteiger partial charge is 0.484 e. The van der Waals surface area contributed by atoms with Crippen LogP contribution in [0.15, 0.2) is 57.7 Å². The topological polar surface area (TPSA) is 106 Å². The van der Waals surface area contributed by atoms with Gasteiger partial charge in [0.15, 0.2) is 6.61 Å². The fourth-order valence-electron chi connectivity index (χ4n) is 3.52. The van der Waals surface area contributed by atoms with E-state index in [0.717, 1.165) is 16.5 Å². The first kappa shape index (κ1) is 23.1. The lowest BCUT2D eigenvalue weighted by Gasteiger charge is -2.20. The van der Waals surface area contributed by atoms with E-state index in [9.17, 15) is 19.5 Å². The molecule has 1 amide bonds. The fourth-order valence-corrected chi connectivity index (χ4v) is 3.52. The normalized spacial score (nSPS) is 12.8. The molecular weight excluding hydrogens is 410 g/mol. The molecule has 3 rings (SSSR count). The van der Waals surface area contributed by atoms with Crippen molar-refractivity contribution in [1.29, 1.82) is 0 Å². The van der Waals surface area contributed by atoms with Gasteiger partial charge in [-0.3, -0.25) is 4.79 Å². The van der Waals surface area contributed by atoms with E-state index >= 15 is 0 Å². The number of rotatable bonds is 9. The van der Waals surface area contributed by atoms with Gasteiger partial charge in [-0.25, -0.2) is 9.59 Å². The molecule has 1 aromatic heterocycles. The van der Waals surface area contributed by atoms with Crippen molar-refractivity contribution in [2.24, 2.45) is 5.92 Å². The van der Waals surface area contributed by atoms with Crippen molar-refractivity contribution in [1.82, 2.24) is 5.32 Å². The van der Waals surface area contributed by atoms with Gasteiger partial charge in [-0.2, -0.15) is 0 Å². The van der Waals surface area contributed by atoms with Crippen LogP contribution >= 0.6 is 0 Å². The minimum atomic E-state index is -1.08. The molecule has 0 fully saturated rings. The molecule has 0 spiro atoms. The molecule has 0 aliphatic heterocycles. The molecule has 2 N–H and O–H groups in total. The first-order chi connectivity index (χ1) is 15.3. The van der Waals surface area contributed by atoms with Crippen LogP contribution in [0.4, 0.5) is 0 Å². The summed E-state index contributed by atoms with van der Waals surface area (Å²) in [6.45, 7) is 5.16. The Bertz CT molecular complexity index is 1170. The first-order valence-electron chi connectivity index (χ1n) is 10.5. The van der Waals surface area contributed by atoms with Gasteiger partial charge in [0.2, 0.25) is 0 Å². The lowest BCUT2D eigenvalue weighted by atomic mass is 9.99. The van der Waals surface area contributed by atoms with Gasteiger partial charge in [-0.1, -0.05) is 50.6 Å². The summed E-state index contributed by atoms with van der Waals surface area (Å²) in [6, 6.07) is 13.8. The highest BCUT2D eigenvalue weighted by Crippen LogP contribution is 2.25. The average molecular weight is 437 g/mol. The fraction of sp³-hybridized carbons (Fsp3) is 0.320. The van der Waals surface area contributed by atoms with Crippen LogP contribution in [0.5, 0.6) is 5.75 Å². The number of hydrogen-bond acceptors (Lipinski definition) is 5. The smallest absolute Gasteiger partial charge is 0.340 e. The Kier molecular flexibility index (Phi) is 7.30. The molecule has 0 saturated heterocycles. The molecule has 0 bridgehead atoms. The van der Waals surface area contributed by atoms with Gasteiger partial charge in [-0.15, -0.1) is 0 Å². The molecule has 32 heavy (non-hydrogen) atoms. The van der Waals surface area contributed by atoms with E-state index < -0.39 is 23.5 Å². The summed E-state index contributed by atoms with van der Waals surface area (Å²) < 4.78 is 11.0. The Morgan fingerprint density at radius 1 is 1.16 bits per heavy atom. The summed E-state index contributed by atoms with van der Waals surface area (Å²) in [5, 5.41) is 12.6. The van der Waals surface area contributed by atoms with Crippen molar-refractivity contribution in [3.8, 4) is 5.75 Å². The molecule has 1 heterocycles. The molecule has 0 aliphatic carbocycles. The Morgan fingerprint density at radius 2 is 1.88 bits per heavy atom. The van der Waals surface area contributed by atoms with E-state index in [-0.39, 0.29) is 12.5 Å². The Balaban J connectivity index is 1.74. The van der Waals surface area contributed by atoms with Crippen molar-refractivity contribution in [3.05, 3.63) is 75.6 Å². The highest BCUT2D eigenvalue weighted by molar-refractivity contribution is 5.85. The van der Waals surface area contributed by atoms with Crippen molar-refractivity contribution in [2.45, 2.75) is 39.7 Å². The van der Waals surface area contributed by atoms with Crippen LogP contribution in [0, 0.1) is 12.8 Å². The van der Waals surface area contributed by atoms with Crippen LogP contribution in [-0.2, 0) is 16.0 Å². The van der Waals surface area contributed by atoms with E-state index in [1.807, 2.05) is 44.2 Å². The number of aryl methyl sites for hydroxylation is 1. The SMILES string of the molecule is CC[C@H](C)[C@H](NC(=O)COc1ccc2c(C)c(Cc3ccccc3)c(=O)oc2c1)C(=O)O. The molecule has 0 saturated carbocycles. The molecular formula is C25H27NO6. The van der Waals surface area contributed by atoms with Gasteiger partial charge in [0, 0.05) is 23.4 Å². The molecule has 2 aromatic carbocycles. The quantitative estimate of drug-likeness (QED) is 0.495. The second-order valence-electron chi connectivity index (χ2n) is 7.87. The zero-order valence-electron chi connectivity index (χ0n) is 18.4. The number of aliphatic carboxylic acids is 1. The van der Waals surface area contributed by atoms with E-state index in [1.165, 1.54) is 0 Å². The van der Waals surface area contributed by atoms with Crippen LogP contribution in [0.3, 0.4) is 0 Å². The summed E-state index contributed by atoms with van der Waals surface area (Å²) in [7, 11) is 0. The van der Waals surface area contributed by atoms with Crippen molar-refractivity contribution < 1.29 is 23.8 Å². The number of carboxylic acids is 1. The predicted molar refractivity (Wildman–Crippen MR) is 121 cm³/mol. The van der Waals surface area contributed by atoms with E-state index in [2.05, 4.69) is 5.32 Å². The van der Waals surface area contributed by atoms with Crippen LogP contribution in [-0.4, -0.2) is 29.6 Å². The molecule has 7 heteroatoms. The molecule has 0 unspecified atom stereocenters. The number of fused-ring (bicyclic) bond motifs is 1. The van der Waals surface area contributed by atoms with Crippen LogP contribution in [0.1, 0.15) is 37.0 Å². The number of carbonyl (C=O) groups excluding carboxylic acids is 1. The summed E-state index contributed by atoms with van der Waals surface area (Å²) in [6.07, 6.45) is 1.09. The Labute approximate surface area is 186 Å². The first-order valence-corrected chi connectivity index (χ1v) is 10.5. The van der Waals surface area contributed by atoms with Crippen molar-refractivity contribution in [3.63, 3.8) is 0 Å². The summed E-state index contributed by atoms with van der Waals surface area (Å²) >= 11 is 0. The lowest BCUT2D eigenvalue weighted by Crippen LogP contribution is -2.46. The highest BCUT2D eigenvalue weighted by atomic mass is 16.5. The van der Waals surface area contributed by atoms with E-state index in [4.69, 9.17) is 9.15 Å². The van der Waals surface area contributed by atoms with E-state index in [1.54, 1.807) is 25.1 Å². The molecule has 3 aromatic rings. The Hall–Kier alpha value is -3.61. The van der Waals surface area contributed by atoms with Crippen LogP contribution in [0.2, 0.25) is 0 Å². The van der Waals surface area contributed by atoms with Crippen LogP contribution < -0.4 is 15.7 Å². The second kappa shape index (κ2) is 10.1. The number of ether oxygens (including phenoxy) is 1. The number of carboxylic acid groups (broad SMARTS) is 1.